The van der Waals surface area contributed by atoms with E-state index in [2.05, 4.69) is 68.3 Å². The summed E-state index contributed by atoms with van der Waals surface area (Å²) in [6.07, 6.45) is 9.79. The summed E-state index contributed by atoms with van der Waals surface area (Å²) in [4.78, 5) is 13.9. The first kappa shape index (κ1) is 16.2. The lowest BCUT2D eigenvalue weighted by atomic mass is 9.80. The molecule has 1 aliphatic carbocycles. The maximum atomic E-state index is 11.6. The molecule has 2 atom stereocenters. The third kappa shape index (κ3) is 2.72. The number of ether oxygens (including phenoxy) is 1. The Balaban J connectivity index is 1.73. The third-order valence-corrected chi connectivity index (χ3v) is 5.83. The van der Waals surface area contributed by atoms with Gasteiger partial charge in [-0.2, -0.15) is 0 Å². The van der Waals surface area contributed by atoms with Gasteiger partial charge in [0, 0.05) is 24.7 Å². The normalized spacial score (nSPS) is 27.8. The number of carbonyl (C=O) groups is 1. The summed E-state index contributed by atoms with van der Waals surface area (Å²) < 4.78 is 5.60. The molecule has 2 heterocycles. The van der Waals surface area contributed by atoms with Crippen LogP contribution in [0.2, 0.25) is 0 Å². The molecule has 1 saturated heterocycles. The van der Waals surface area contributed by atoms with Crippen molar-refractivity contribution in [2.45, 2.75) is 51.2 Å². The van der Waals surface area contributed by atoms with Crippen molar-refractivity contribution in [3.05, 3.63) is 59.2 Å². The van der Waals surface area contributed by atoms with Gasteiger partial charge in [0.15, 0.2) is 0 Å². The minimum Gasteiger partial charge on any atom is -0.459 e. The number of likely N-dealkylation sites (N-methyl/N-ethyl adjacent to an activating group) is 1. The Kier molecular flexibility index (Phi) is 3.82. The standard InChI is InChI=1S/C22H25NO2/c1-15-7-6-9-18-16(11-13-22(2)14-12-20(24)25-22)17-8-4-5-10-19(17)23(3)21(15)18/h4-10,21H,11-14H2,1-3H3/t21?,22-/m1/s1. The molecule has 0 radical (unpaired) electrons. The predicted octanol–water partition coefficient (Wildman–Crippen LogP) is 4.65. The smallest absolute Gasteiger partial charge is 0.306 e. The third-order valence-electron chi connectivity index (χ3n) is 5.83. The van der Waals surface area contributed by atoms with E-state index in [1.807, 2.05) is 0 Å². The number of benzene rings is 1. The van der Waals surface area contributed by atoms with Crippen LogP contribution in [0.5, 0.6) is 0 Å². The van der Waals surface area contributed by atoms with Gasteiger partial charge in [-0.3, -0.25) is 4.79 Å². The number of hydrogen-bond acceptors (Lipinski definition) is 3. The number of fused-ring (bicyclic) bond motifs is 2. The molecule has 1 fully saturated rings. The van der Waals surface area contributed by atoms with Crippen molar-refractivity contribution in [3.8, 4) is 0 Å². The van der Waals surface area contributed by atoms with Gasteiger partial charge in [0.05, 0.1) is 6.04 Å². The van der Waals surface area contributed by atoms with Crippen molar-refractivity contribution >= 4 is 17.2 Å². The topological polar surface area (TPSA) is 29.5 Å². The number of esters is 1. The average molecular weight is 335 g/mol. The second-order valence-corrected chi connectivity index (χ2v) is 7.66. The van der Waals surface area contributed by atoms with Crippen LogP contribution >= 0.6 is 0 Å². The van der Waals surface area contributed by atoms with Crippen LogP contribution in [0.4, 0.5) is 5.69 Å². The fraction of sp³-hybridized carbons (Fsp3) is 0.409. The van der Waals surface area contributed by atoms with Gasteiger partial charge in [-0.1, -0.05) is 36.4 Å². The van der Waals surface area contributed by atoms with Crippen LogP contribution in [0, 0.1) is 0 Å². The molecule has 25 heavy (non-hydrogen) atoms. The largest absolute Gasteiger partial charge is 0.459 e. The zero-order valence-electron chi connectivity index (χ0n) is 15.2. The highest BCUT2D eigenvalue weighted by Crippen LogP contribution is 2.44. The number of allylic oxidation sites excluding steroid dienone is 3. The maximum Gasteiger partial charge on any atom is 0.306 e. The molecule has 4 rings (SSSR count). The maximum absolute atomic E-state index is 11.6. The van der Waals surface area contributed by atoms with Crippen molar-refractivity contribution in [2.75, 3.05) is 11.9 Å². The quantitative estimate of drug-likeness (QED) is 0.753. The molecular weight excluding hydrogens is 310 g/mol. The molecule has 0 saturated carbocycles. The average Bonchev–Trinajstić information content (AvgIpc) is 2.94. The highest BCUT2D eigenvalue weighted by Gasteiger charge is 2.37. The summed E-state index contributed by atoms with van der Waals surface area (Å²) in [5.74, 6) is -0.0573. The van der Waals surface area contributed by atoms with Crippen molar-refractivity contribution in [1.29, 1.82) is 0 Å². The zero-order valence-corrected chi connectivity index (χ0v) is 15.2. The van der Waals surface area contributed by atoms with Crippen LogP contribution < -0.4 is 4.90 Å². The number of cyclic esters (lactones) is 1. The molecular formula is C22H25NO2. The van der Waals surface area contributed by atoms with E-state index in [0.717, 1.165) is 19.3 Å². The SMILES string of the molecule is CC1=CC=CC2=C(CC[C@]3(C)CCC(=O)O3)c3ccccc3N(C)C12. The van der Waals surface area contributed by atoms with Gasteiger partial charge in [-0.25, -0.2) is 0 Å². The van der Waals surface area contributed by atoms with Crippen molar-refractivity contribution in [3.63, 3.8) is 0 Å². The first-order valence-electron chi connectivity index (χ1n) is 9.10. The molecule has 1 aromatic carbocycles. The van der Waals surface area contributed by atoms with Crippen LogP contribution in [0.25, 0.3) is 5.57 Å². The lowest BCUT2D eigenvalue weighted by Gasteiger charge is -2.40. The molecule has 1 aromatic rings. The summed E-state index contributed by atoms with van der Waals surface area (Å²) in [6, 6.07) is 8.94. The first-order valence-corrected chi connectivity index (χ1v) is 9.10. The number of nitrogens with zero attached hydrogens (tertiary/aromatic N) is 1. The summed E-state index contributed by atoms with van der Waals surface area (Å²) in [7, 11) is 2.18. The number of para-hydroxylation sites is 1. The van der Waals surface area contributed by atoms with Crippen LogP contribution in [0.15, 0.2) is 53.6 Å². The van der Waals surface area contributed by atoms with Crippen LogP contribution in [-0.4, -0.2) is 24.7 Å². The molecule has 0 N–H and O–H groups in total. The molecule has 0 spiro atoms. The van der Waals surface area contributed by atoms with Gasteiger partial charge >= 0.3 is 5.97 Å². The summed E-state index contributed by atoms with van der Waals surface area (Å²) >= 11 is 0. The highest BCUT2D eigenvalue weighted by atomic mass is 16.6. The summed E-state index contributed by atoms with van der Waals surface area (Å²) in [5.41, 5.74) is 6.42. The van der Waals surface area contributed by atoms with E-state index in [4.69, 9.17) is 4.74 Å². The second-order valence-electron chi connectivity index (χ2n) is 7.66. The van der Waals surface area contributed by atoms with E-state index in [0.29, 0.717) is 12.5 Å². The predicted molar refractivity (Wildman–Crippen MR) is 101 cm³/mol. The van der Waals surface area contributed by atoms with Crippen LogP contribution in [0.1, 0.15) is 45.1 Å². The molecule has 130 valence electrons. The Hall–Kier alpha value is -2.29. The highest BCUT2D eigenvalue weighted by molar-refractivity contribution is 5.86. The molecule has 0 bridgehead atoms. The summed E-state index contributed by atoms with van der Waals surface area (Å²) in [6.45, 7) is 4.28. The monoisotopic (exact) mass is 335 g/mol. The van der Waals surface area contributed by atoms with Gasteiger partial charge in [-0.05, 0) is 55.9 Å². The van der Waals surface area contributed by atoms with E-state index >= 15 is 0 Å². The van der Waals surface area contributed by atoms with Crippen LogP contribution in [-0.2, 0) is 9.53 Å². The summed E-state index contributed by atoms with van der Waals surface area (Å²) in [5, 5.41) is 0. The van der Waals surface area contributed by atoms with Gasteiger partial charge in [0.1, 0.15) is 5.60 Å². The Labute approximate surface area is 149 Å². The Morgan fingerprint density at radius 3 is 2.88 bits per heavy atom. The molecule has 0 aromatic heterocycles. The van der Waals surface area contributed by atoms with Gasteiger partial charge in [0.2, 0.25) is 0 Å². The van der Waals surface area contributed by atoms with Crippen molar-refractivity contribution in [1.82, 2.24) is 0 Å². The molecule has 3 aliphatic rings. The van der Waals surface area contributed by atoms with E-state index in [1.54, 1.807) is 0 Å². The Bertz CT molecular complexity index is 817. The number of carbonyl (C=O) groups excluding carboxylic acids is 1. The van der Waals surface area contributed by atoms with Gasteiger partial charge in [-0.15, -0.1) is 0 Å². The number of rotatable bonds is 3. The molecule has 3 nitrogen and oxygen atoms in total. The van der Waals surface area contributed by atoms with Gasteiger partial charge in [0.25, 0.3) is 0 Å². The fourth-order valence-electron chi connectivity index (χ4n) is 4.43. The Morgan fingerprint density at radius 2 is 2.12 bits per heavy atom. The molecule has 0 amide bonds. The lowest BCUT2D eigenvalue weighted by molar-refractivity contribution is -0.147. The first-order chi connectivity index (χ1) is 12.0. The fourth-order valence-corrected chi connectivity index (χ4v) is 4.43. The lowest BCUT2D eigenvalue weighted by Crippen LogP contribution is -2.38. The molecule has 1 unspecified atom stereocenters. The second kappa shape index (κ2) is 5.91. The van der Waals surface area contributed by atoms with Crippen molar-refractivity contribution in [2.24, 2.45) is 0 Å². The van der Waals surface area contributed by atoms with Gasteiger partial charge < -0.3 is 9.64 Å². The zero-order chi connectivity index (χ0) is 17.6. The minimum absolute atomic E-state index is 0.0573. The number of anilines is 1. The van der Waals surface area contributed by atoms with Crippen LogP contribution in [0.3, 0.4) is 0 Å². The minimum atomic E-state index is -0.318. The Morgan fingerprint density at radius 1 is 1.32 bits per heavy atom. The molecule has 2 aliphatic heterocycles. The van der Waals surface area contributed by atoms with E-state index in [-0.39, 0.29) is 11.6 Å². The molecule has 3 heteroatoms. The van der Waals surface area contributed by atoms with E-state index in [1.165, 1.54) is 28.0 Å². The van der Waals surface area contributed by atoms with E-state index < -0.39 is 0 Å². The van der Waals surface area contributed by atoms with E-state index in [9.17, 15) is 4.79 Å². The van der Waals surface area contributed by atoms with Crippen molar-refractivity contribution < 1.29 is 9.53 Å². The number of hydrogen-bond donors (Lipinski definition) is 0.